The van der Waals surface area contributed by atoms with Gasteiger partial charge in [0.25, 0.3) is 5.90 Å². The number of halogens is 2. The highest BCUT2D eigenvalue weighted by Crippen LogP contribution is 2.19. The van der Waals surface area contributed by atoms with Crippen molar-refractivity contribution in [1.29, 1.82) is 0 Å². The number of hydrogen-bond donors (Lipinski definition) is 2. The van der Waals surface area contributed by atoms with Gasteiger partial charge in [0, 0.05) is 5.02 Å². The van der Waals surface area contributed by atoms with Crippen molar-refractivity contribution in [3.63, 3.8) is 0 Å². The molecule has 1 heterocycles. The number of hydrazone groups is 1. The van der Waals surface area contributed by atoms with E-state index in [0.717, 1.165) is 0 Å². The van der Waals surface area contributed by atoms with Crippen LogP contribution >= 0.6 is 23.2 Å². The summed E-state index contributed by atoms with van der Waals surface area (Å²) in [5, 5.41) is 4.75. The van der Waals surface area contributed by atoms with E-state index >= 15 is 0 Å². The van der Waals surface area contributed by atoms with Gasteiger partial charge in [0.2, 0.25) is 5.91 Å². The number of benzene rings is 1. The Morgan fingerprint density at radius 1 is 1.47 bits per heavy atom. The van der Waals surface area contributed by atoms with Crippen molar-refractivity contribution < 1.29 is 9.63 Å². The molecule has 17 heavy (non-hydrogen) atoms. The van der Waals surface area contributed by atoms with Crippen LogP contribution in [0.2, 0.25) is 5.02 Å². The molecule has 1 aromatic carbocycles. The summed E-state index contributed by atoms with van der Waals surface area (Å²) in [6, 6.07) is 6.83. The SMILES string of the molecule is NC(=O)C(Cl)C1=NN(c2ccc(Cl)cc2)NO1. The van der Waals surface area contributed by atoms with Gasteiger partial charge in [-0.15, -0.1) is 16.7 Å². The monoisotopic (exact) mass is 274 g/mol. The van der Waals surface area contributed by atoms with Crippen molar-refractivity contribution in [1.82, 2.24) is 5.59 Å². The first kappa shape index (κ1) is 12.0. The van der Waals surface area contributed by atoms with Crippen LogP contribution in [0.15, 0.2) is 29.4 Å². The second kappa shape index (κ2) is 4.79. The van der Waals surface area contributed by atoms with Crippen LogP contribution in [-0.2, 0) is 9.63 Å². The van der Waals surface area contributed by atoms with E-state index in [1.807, 2.05) is 0 Å². The summed E-state index contributed by atoms with van der Waals surface area (Å²) >= 11 is 11.4. The minimum absolute atomic E-state index is 0.00545. The van der Waals surface area contributed by atoms with Gasteiger partial charge in [0.15, 0.2) is 5.38 Å². The quantitative estimate of drug-likeness (QED) is 0.806. The summed E-state index contributed by atoms with van der Waals surface area (Å²) < 4.78 is 0. The van der Waals surface area contributed by atoms with Crippen LogP contribution in [0.4, 0.5) is 5.69 Å². The fourth-order valence-corrected chi connectivity index (χ4v) is 1.36. The number of hydrazine groups is 1. The molecular formula is C9H8Cl2N4O2. The minimum Gasteiger partial charge on any atom is -0.368 e. The number of nitrogens with zero attached hydrogens (tertiary/aromatic N) is 2. The van der Waals surface area contributed by atoms with Crippen LogP contribution in [0.5, 0.6) is 0 Å². The van der Waals surface area contributed by atoms with Gasteiger partial charge in [0.1, 0.15) is 0 Å². The lowest BCUT2D eigenvalue weighted by Gasteiger charge is -2.10. The van der Waals surface area contributed by atoms with Crippen molar-refractivity contribution in [2.24, 2.45) is 10.8 Å². The number of nitrogens with one attached hydrogen (secondary N) is 1. The summed E-state index contributed by atoms with van der Waals surface area (Å²) in [5.41, 5.74) is 8.18. The average Bonchev–Trinajstić information content (AvgIpc) is 2.78. The van der Waals surface area contributed by atoms with Gasteiger partial charge in [-0.1, -0.05) is 11.6 Å². The van der Waals surface area contributed by atoms with Gasteiger partial charge in [-0.2, -0.15) is 5.12 Å². The number of alkyl halides is 1. The second-order valence-electron chi connectivity index (χ2n) is 3.18. The Balaban J connectivity index is 2.15. The predicted octanol–water partition coefficient (Wildman–Crippen LogP) is 1.00. The molecule has 90 valence electrons. The lowest BCUT2D eigenvalue weighted by atomic mass is 10.3. The molecule has 0 radical (unpaired) electrons. The van der Waals surface area contributed by atoms with Crippen molar-refractivity contribution in [2.45, 2.75) is 5.38 Å². The molecule has 0 fully saturated rings. The molecule has 1 aliphatic heterocycles. The lowest BCUT2D eigenvalue weighted by molar-refractivity contribution is -0.116. The summed E-state index contributed by atoms with van der Waals surface area (Å²) in [7, 11) is 0. The first-order valence-corrected chi connectivity index (χ1v) is 5.39. The van der Waals surface area contributed by atoms with Crippen LogP contribution < -0.4 is 16.4 Å². The van der Waals surface area contributed by atoms with E-state index in [-0.39, 0.29) is 5.90 Å². The number of primary amides is 1. The molecule has 1 aromatic rings. The number of carbonyl (C=O) groups is 1. The molecule has 2 rings (SSSR count). The van der Waals surface area contributed by atoms with E-state index in [0.29, 0.717) is 10.7 Å². The second-order valence-corrected chi connectivity index (χ2v) is 4.06. The number of anilines is 1. The predicted molar refractivity (Wildman–Crippen MR) is 64.4 cm³/mol. The van der Waals surface area contributed by atoms with Crippen molar-refractivity contribution in [2.75, 3.05) is 5.12 Å². The molecule has 0 bridgehead atoms. The molecule has 6 nitrogen and oxygen atoms in total. The summed E-state index contributed by atoms with van der Waals surface area (Å²) in [6.07, 6.45) is 0. The third-order valence-corrected chi connectivity index (χ3v) is 2.63. The van der Waals surface area contributed by atoms with Crippen molar-refractivity contribution in [3.8, 4) is 0 Å². The van der Waals surface area contributed by atoms with Crippen LogP contribution in [0.1, 0.15) is 0 Å². The molecule has 0 saturated carbocycles. The molecule has 3 N–H and O–H groups in total. The Morgan fingerprint density at radius 3 is 2.71 bits per heavy atom. The zero-order chi connectivity index (χ0) is 12.4. The summed E-state index contributed by atoms with van der Waals surface area (Å²) in [5.74, 6) is -0.737. The van der Waals surface area contributed by atoms with Gasteiger partial charge in [-0.25, -0.2) is 0 Å². The normalized spacial score (nSPS) is 16.4. The molecule has 0 saturated heterocycles. The number of hydrogen-bond acceptors (Lipinski definition) is 5. The fourth-order valence-electron chi connectivity index (χ4n) is 1.15. The Morgan fingerprint density at radius 2 is 2.12 bits per heavy atom. The molecule has 1 amide bonds. The summed E-state index contributed by atoms with van der Waals surface area (Å²) in [6.45, 7) is 0. The van der Waals surface area contributed by atoms with Gasteiger partial charge in [-0.3, -0.25) is 4.79 Å². The highest BCUT2D eigenvalue weighted by molar-refractivity contribution is 6.41. The number of amides is 1. The molecular weight excluding hydrogens is 267 g/mol. The van der Waals surface area contributed by atoms with E-state index < -0.39 is 11.3 Å². The largest absolute Gasteiger partial charge is 0.368 e. The third-order valence-electron chi connectivity index (χ3n) is 1.97. The molecule has 0 aliphatic carbocycles. The van der Waals surface area contributed by atoms with Gasteiger partial charge in [0.05, 0.1) is 5.69 Å². The Bertz CT molecular complexity index is 463. The standard InChI is InChI=1S/C9H8Cl2N4O2/c10-5-1-3-6(4-2-5)15-13-9(17-14-15)7(11)8(12)16/h1-4,7,14H,(H2,12,16). The average molecular weight is 275 g/mol. The Kier molecular flexibility index (Phi) is 3.37. The molecule has 1 atom stereocenters. The first-order chi connectivity index (χ1) is 8.08. The van der Waals surface area contributed by atoms with Gasteiger partial charge < -0.3 is 10.6 Å². The first-order valence-electron chi connectivity index (χ1n) is 4.58. The smallest absolute Gasteiger partial charge is 0.262 e. The van der Waals surface area contributed by atoms with E-state index in [1.54, 1.807) is 24.3 Å². The fraction of sp³-hybridized carbons (Fsp3) is 0.111. The topological polar surface area (TPSA) is 80.0 Å². The molecule has 1 unspecified atom stereocenters. The molecule has 1 aliphatic rings. The van der Waals surface area contributed by atoms with Crippen LogP contribution in [0.3, 0.4) is 0 Å². The molecule has 0 spiro atoms. The third kappa shape index (κ3) is 2.60. The highest BCUT2D eigenvalue weighted by atomic mass is 35.5. The minimum atomic E-state index is -1.11. The maximum atomic E-state index is 10.8. The van der Waals surface area contributed by atoms with Gasteiger partial charge in [-0.05, 0) is 29.9 Å². The zero-order valence-electron chi connectivity index (χ0n) is 8.43. The molecule has 0 aromatic heterocycles. The Labute approximate surface area is 107 Å². The van der Waals surface area contributed by atoms with Crippen LogP contribution in [0.25, 0.3) is 0 Å². The maximum Gasteiger partial charge on any atom is 0.262 e. The maximum absolute atomic E-state index is 10.8. The lowest BCUT2D eigenvalue weighted by Crippen LogP contribution is -2.33. The number of nitrogens with two attached hydrogens (primary N) is 1. The highest BCUT2D eigenvalue weighted by Gasteiger charge is 2.27. The number of carbonyl (C=O) groups excluding carboxylic acids is 1. The van der Waals surface area contributed by atoms with Gasteiger partial charge >= 0.3 is 0 Å². The number of rotatable bonds is 3. The van der Waals surface area contributed by atoms with Crippen LogP contribution in [0, 0.1) is 0 Å². The van der Waals surface area contributed by atoms with E-state index in [1.165, 1.54) is 5.12 Å². The van der Waals surface area contributed by atoms with E-state index in [2.05, 4.69) is 10.7 Å². The van der Waals surface area contributed by atoms with E-state index in [4.69, 9.17) is 33.8 Å². The van der Waals surface area contributed by atoms with Crippen molar-refractivity contribution in [3.05, 3.63) is 29.3 Å². The zero-order valence-corrected chi connectivity index (χ0v) is 9.94. The Hall–Kier alpha value is -1.50. The van der Waals surface area contributed by atoms with Crippen molar-refractivity contribution >= 4 is 40.7 Å². The van der Waals surface area contributed by atoms with E-state index in [9.17, 15) is 4.79 Å². The summed E-state index contributed by atoms with van der Waals surface area (Å²) in [4.78, 5) is 15.8. The molecule has 8 heteroatoms. The van der Waals surface area contributed by atoms with Crippen LogP contribution in [-0.4, -0.2) is 17.2 Å².